The molecule has 0 aliphatic heterocycles. The van der Waals surface area contributed by atoms with Crippen LogP contribution in [-0.4, -0.2) is 51.1 Å². The van der Waals surface area contributed by atoms with Gasteiger partial charge >= 0.3 is 0 Å². The zero-order valence-corrected chi connectivity index (χ0v) is 22.1. The van der Waals surface area contributed by atoms with Crippen molar-refractivity contribution in [3.8, 4) is 0 Å². The molecule has 9 nitrogen and oxygen atoms in total. The quantitative estimate of drug-likeness (QED) is 0.398. The lowest BCUT2D eigenvalue weighted by Gasteiger charge is -2.36. The van der Waals surface area contributed by atoms with Gasteiger partial charge in [0.25, 0.3) is 0 Å². The van der Waals surface area contributed by atoms with E-state index in [1.807, 2.05) is 32.2 Å². The number of ether oxygens (including phenoxy) is 1. The summed E-state index contributed by atoms with van der Waals surface area (Å²) in [7, 11) is 0. The SMILES string of the molecule is CCC(CC)O[C@@H]1C=C(C(=O)NCc2cn(CCc3ccc(Br)cc3)nn2)C[C@H](N)[C@H]1NC(C)=O. The number of benzene rings is 1. The van der Waals surface area contributed by atoms with E-state index in [0.29, 0.717) is 24.2 Å². The molecule has 2 aromatic rings. The number of nitrogens with two attached hydrogens (primary N) is 1. The lowest BCUT2D eigenvalue weighted by atomic mass is 9.87. The molecule has 3 rings (SSSR count). The van der Waals surface area contributed by atoms with E-state index in [2.05, 4.69) is 49.0 Å². The van der Waals surface area contributed by atoms with Crippen molar-refractivity contribution in [1.29, 1.82) is 0 Å². The zero-order chi connectivity index (χ0) is 25.4. The molecule has 1 aromatic heterocycles. The summed E-state index contributed by atoms with van der Waals surface area (Å²) in [5, 5.41) is 14.1. The van der Waals surface area contributed by atoms with Crippen molar-refractivity contribution in [3.05, 3.63) is 57.8 Å². The molecule has 35 heavy (non-hydrogen) atoms. The summed E-state index contributed by atoms with van der Waals surface area (Å²) in [6, 6.07) is 7.37. The van der Waals surface area contributed by atoms with E-state index in [9.17, 15) is 9.59 Å². The van der Waals surface area contributed by atoms with Crippen LogP contribution in [0.15, 0.2) is 46.6 Å². The fourth-order valence-electron chi connectivity index (χ4n) is 4.12. The minimum absolute atomic E-state index is 0.0227. The van der Waals surface area contributed by atoms with Crippen LogP contribution >= 0.6 is 15.9 Å². The van der Waals surface area contributed by atoms with Crippen LogP contribution in [0.4, 0.5) is 0 Å². The molecular formula is C25H35BrN6O3. The van der Waals surface area contributed by atoms with Gasteiger partial charge < -0.3 is 21.1 Å². The van der Waals surface area contributed by atoms with E-state index in [-0.39, 0.29) is 30.5 Å². The summed E-state index contributed by atoms with van der Waals surface area (Å²) in [5.74, 6) is -0.391. The zero-order valence-electron chi connectivity index (χ0n) is 20.5. The Kier molecular flexibility index (Phi) is 10.00. The molecule has 2 amide bonds. The fraction of sp³-hybridized carbons (Fsp3) is 0.520. The van der Waals surface area contributed by atoms with Gasteiger partial charge in [0.2, 0.25) is 11.8 Å². The predicted molar refractivity (Wildman–Crippen MR) is 137 cm³/mol. The first-order valence-corrected chi connectivity index (χ1v) is 12.9. The van der Waals surface area contributed by atoms with Gasteiger partial charge in [-0.1, -0.05) is 47.1 Å². The average Bonchev–Trinajstić information content (AvgIpc) is 3.30. The van der Waals surface area contributed by atoms with Crippen LogP contribution < -0.4 is 16.4 Å². The predicted octanol–water partition coefficient (Wildman–Crippen LogP) is 2.64. The molecule has 0 spiro atoms. The first-order chi connectivity index (χ1) is 16.8. The maximum atomic E-state index is 12.9. The second kappa shape index (κ2) is 12.9. The maximum absolute atomic E-state index is 12.9. The topological polar surface area (TPSA) is 124 Å². The minimum Gasteiger partial charge on any atom is -0.369 e. The molecule has 0 saturated heterocycles. The lowest BCUT2D eigenvalue weighted by molar-refractivity contribution is -0.121. The molecule has 0 saturated carbocycles. The van der Waals surface area contributed by atoms with Crippen LogP contribution in [0.25, 0.3) is 0 Å². The molecule has 0 bridgehead atoms. The van der Waals surface area contributed by atoms with Gasteiger partial charge in [0.1, 0.15) is 5.69 Å². The van der Waals surface area contributed by atoms with Crippen molar-refractivity contribution >= 4 is 27.7 Å². The molecule has 1 aromatic carbocycles. The largest absolute Gasteiger partial charge is 0.369 e. The van der Waals surface area contributed by atoms with E-state index in [4.69, 9.17) is 10.5 Å². The van der Waals surface area contributed by atoms with Crippen LogP contribution in [0, 0.1) is 0 Å². The Morgan fingerprint density at radius 1 is 1.26 bits per heavy atom. The van der Waals surface area contributed by atoms with Crippen molar-refractivity contribution in [3.63, 3.8) is 0 Å². The van der Waals surface area contributed by atoms with Gasteiger partial charge in [-0.3, -0.25) is 14.3 Å². The number of halogens is 1. The fourth-order valence-corrected chi connectivity index (χ4v) is 4.39. The monoisotopic (exact) mass is 546 g/mol. The van der Waals surface area contributed by atoms with Gasteiger partial charge in [-0.15, -0.1) is 5.10 Å². The number of rotatable bonds is 11. The second-order valence-electron chi connectivity index (χ2n) is 8.86. The number of amides is 2. The third kappa shape index (κ3) is 7.98. The summed E-state index contributed by atoms with van der Waals surface area (Å²) in [4.78, 5) is 24.6. The first kappa shape index (κ1) is 27.0. The minimum atomic E-state index is -0.465. The third-order valence-corrected chi connectivity index (χ3v) is 6.65. The Bertz CT molecular complexity index is 1020. The van der Waals surface area contributed by atoms with Crippen LogP contribution in [-0.2, 0) is 33.8 Å². The number of aromatic nitrogens is 3. The molecular weight excluding hydrogens is 512 g/mol. The molecule has 0 radical (unpaired) electrons. The van der Waals surface area contributed by atoms with Crippen LogP contribution in [0.5, 0.6) is 0 Å². The number of nitrogens with zero attached hydrogens (tertiary/aromatic N) is 3. The van der Waals surface area contributed by atoms with Gasteiger partial charge in [-0.2, -0.15) is 0 Å². The standard InChI is InChI=1S/C25H35BrN6O3/c1-4-21(5-2)35-23-13-18(12-22(27)24(23)29-16(3)33)25(34)28-14-20-15-32(31-30-20)11-10-17-6-8-19(26)9-7-17/h6-9,13,15,21-24H,4-5,10-12,14,27H2,1-3H3,(H,28,34)(H,29,33)/t22-,23+,24+/m0/s1. The Labute approximate surface area is 215 Å². The highest BCUT2D eigenvalue weighted by molar-refractivity contribution is 9.10. The second-order valence-corrected chi connectivity index (χ2v) is 9.77. The molecule has 1 heterocycles. The summed E-state index contributed by atoms with van der Waals surface area (Å²) < 4.78 is 9.03. The molecule has 0 unspecified atom stereocenters. The summed E-state index contributed by atoms with van der Waals surface area (Å²) >= 11 is 3.44. The molecule has 3 atom stereocenters. The first-order valence-electron chi connectivity index (χ1n) is 12.1. The van der Waals surface area contributed by atoms with Crippen molar-refractivity contribution < 1.29 is 14.3 Å². The van der Waals surface area contributed by atoms with E-state index in [1.165, 1.54) is 12.5 Å². The molecule has 190 valence electrons. The summed E-state index contributed by atoms with van der Waals surface area (Å²) in [5.41, 5.74) is 8.80. The van der Waals surface area contributed by atoms with Crippen molar-refractivity contribution in [2.24, 2.45) is 5.73 Å². The number of nitrogens with one attached hydrogen (secondary N) is 2. The number of carbonyl (C=O) groups is 2. The average molecular weight is 547 g/mol. The Balaban J connectivity index is 1.59. The highest BCUT2D eigenvalue weighted by Crippen LogP contribution is 2.23. The van der Waals surface area contributed by atoms with Crippen LogP contribution in [0.3, 0.4) is 0 Å². The number of hydrogen-bond donors (Lipinski definition) is 3. The van der Waals surface area contributed by atoms with Gasteiger partial charge in [0.15, 0.2) is 0 Å². The Morgan fingerprint density at radius 2 is 1.97 bits per heavy atom. The van der Waals surface area contributed by atoms with Gasteiger partial charge in [-0.05, 0) is 49.5 Å². The smallest absolute Gasteiger partial charge is 0.247 e. The van der Waals surface area contributed by atoms with Gasteiger partial charge in [0.05, 0.1) is 31.0 Å². The van der Waals surface area contributed by atoms with E-state index < -0.39 is 12.1 Å². The molecule has 1 aliphatic rings. The third-order valence-electron chi connectivity index (χ3n) is 6.12. The lowest BCUT2D eigenvalue weighted by Crippen LogP contribution is -2.57. The molecule has 0 fully saturated rings. The van der Waals surface area contributed by atoms with E-state index in [1.54, 1.807) is 10.8 Å². The normalized spacial score (nSPS) is 19.9. The number of aryl methyl sites for hydroxylation is 2. The Morgan fingerprint density at radius 3 is 2.63 bits per heavy atom. The van der Waals surface area contributed by atoms with Crippen molar-refractivity contribution in [2.45, 2.75) is 83.8 Å². The van der Waals surface area contributed by atoms with Crippen LogP contribution in [0.1, 0.15) is 51.3 Å². The van der Waals surface area contributed by atoms with Crippen molar-refractivity contribution in [1.82, 2.24) is 25.6 Å². The number of hydrogen-bond acceptors (Lipinski definition) is 6. The molecule has 10 heteroatoms. The Hall–Kier alpha value is -2.56. The van der Waals surface area contributed by atoms with E-state index in [0.717, 1.165) is 23.7 Å². The number of carbonyl (C=O) groups excluding carboxylic acids is 2. The maximum Gasteiger partial charge on any atom is 0.247 e. The van der Waals surface area contributed by atoms with Gasteiger partial charge in [-0.25, -0.2) is 0 Å². The van der Waals surface area contributed by atoms with Gasteiger partial charge in [0, 0.05) is 29.6 Å². The molecule has 4 N–H and O–H groups in total. The van der Waals surface area contributed by atoms with Crippen molar-refractivity contribution in [2.75, 3.05) is 0 Å². The highest BCUT2D eigenvalue weighted by atomic mass is 79.9. The van der Waals surface area contributed by atoms with E-state index >= 15 is 0 Å². The van der Waals surface area contributed by atoms with Crippen LogP contribution in [0.2, 0.25) is 0 Å². The molecule has 1 aliphatic carbocycles. The highest BCUT2D eigenvalue weighted by Gasteiger charge is 2.35. The summed E-state index contributed by atoms with van der Waals surface area (Å²) in [6.07, 6.45) is 6.05. The summed E-state index contributed by atoms with van der Waals surface area (Å²) in [6.45, 7) is 6.51.